The highest BCUT2D eigenvalue weighted by Gasteiger charge is 2.32. The van der Waals surface area contributed by atoms with E-state index >= 15 is 0 Å². The van der Waals surface area contributed by atoms with Gasteiger partial charge in [0, 0.05) is 24.3 Å². The average Bonchev–Trinajstić information content (AvgIpc) is 2.96. The monoisotopic (exact) mass is 397 g/mol. The molecule has 2 N–H and O–H groups in total. The molecule has 0 spiro atoms. The number of nitrogens with one attached hydrogen (secondary N) is 2. The van der Waals surface area contributed by atoms with Gasteiger partial charge in [-0.3, -0.25) is 4.79 Å². The molecule has 2 aromatic carbocycles. The Balaban J connectivity index is 1.54. The van der Waals surface area contributed by atoms with Crippen molar-refractivity contribution in [3.63, 3.8) is 0 Å². The van der Waals surface area contributed by atoms with Crippen LogP contribution in [0, 0.1) is 5.82 Å². The molecule has 1 unspecified atom stereocenters. The van der Waals surface area contributed by atoms with Crippen molar-refractivity contribution in [1.29, 1.82) is 0 Å². The highest BCUT2D eigenvalue weighted by molar-refractivity contribution is 5.97. The van der Waals surface area contributed by atoms with Crippen molar-refractivity contribution in [3.05, 3.63) is 54.3 Å². The molecule has 0 aliphatic carbocycles. The number of hydrogen-bond donors (Lipinski definition) is 2. The van der Waals surface area contributed by atoms with Gasteiger partial charge in [0.05, 0.1) is 6.04 Å². The summed E-state index contributed by atoms with van der Waals surface area (Å²) in [5.74, 6) is -1.04. The standard InChI is InChI=1S/C18H15F4N3O3/c19-11-1-5-14(6-2-11)25-10-13(9-16(25)26)24-17(27)23-12-3-7-15(8-4-12)28-18(20,21)22/h1-8,13H,9-10H2,(H2,23,24,27). The average molecular weight is 397 g/mol. The van der Waals surface area contributed by atoms with E-state index in [-0.39, 0.29) is 24.6 Å². The number of urea groups is 1. The van der Waals surface area contributed by atoms with Crippen LogP contribution in [0.25, 0.3) is 0 Å². The Kier molecular flexibility index (Phi) is 5.39. The molecule has 3 rings (SSSR count). The summed E-state index contributed by atoms with van der Waals surface area (Å²) in [6.07, 6.45) is -4.72. The van der Waals surface area contributed by atoms with Gasteiger partial charge in [0.1, 0.15) is 11.6 Å². The second-order valence-corrected chi connectivity index (χ2v) is 6.05. The van der Waals surface area contributed by atoms with Crippen LogP contribution in [-0.2, 0) is 4.79 Å². The van der Waals surface area contributed by atoms with Crippen LogP contribution in [0.15, 0.2) is 48.5 Å². The Labute approximate surface area is 157 Å². The molecule has 1 atom stereocenters. The highest BCUT2D eigenvalue weighted by Crippen LogP contribution is 2.24. The summed E-state index contributed by atoms with van der Waals surface area (Å²) in [4.78, 5) is 25.6. The van der Waals surface area contributed by atoms with E-state index in [2.05, 4.69) is 15.4 Å². The molecule has 1 fully saturated rings. The summed E-state index contributed by atoms with van der Waals surface area (Å²) in [7, 11) is 0. The predicted molar refractivity (Wildman–Crippen MR) is 92.4 cm³/mol. The number of anilines is 2. The quantitative estimate of drug-likeness (QED) is 0.774. The Morgan fingerprint density at radius 2 is 1.71 bits per heavy atom. The van der Waals surface area contributed by atoms with Gasteiger partial charge in [0.2, 0.25) is 5.91 Å². The van der Waals surface area contributed by atoms with Gasteiger partial charge in [-0.2, -0.15) is 0 Å². The lowest BCUT2D eigenvalue weighted by atomic mass is 10.2. The maximum Gasteiger partial charge on any atom is 0.573 e. The second-order valence-electron chi connectivity index (χ2n) is 6.05. The molecule has 1 aliphatic heterocycles. The molecule has 2 aromatic rings. The van der Waals surface area contributed by atoms with E-state index in [0.717, 1.165) is 12.1 Å². The van der Waals surface area contributed by atoms with Crippen LogP contribution in [0.2, 0.25) is 0 Å². The number of benzene rings is 2. The summed E-state index contributed by atoms with van der Waals surface area (Å²) in [6.45, 7) is 0.218. The van der Waals surface area contributed by atoms with Crippen molar-refractivity contribution in [2.24, 2.45) is 0 Å². The Bertz CT molecular complexity index is 854. The molecular formula is C18H15F4N3O3. The van der Waals surface area contributed by atoms with Gasteiger partial charge < -0.3 is 20.3 Å². The molecule has 0 aromatic heterocycles. The number of nitrogens with zero attached hydrogens (tertiary/aromatic N) is 1. The lowest BCUT2D eigenvalue weighted by Gasteiger charge is -2.17. The largest absolute Gasteiger partial charge is 0.573 e. The molecule has 10 heteroatoms. The minimum absolute atomic E-state index is 0.0726. The number of carbonyl (C=O) groups is 2. The molecule has 6 nitrogen and oxygen atoms in total. The smallest absolute Gasteiger partial charge is 0.406 e. The van der Waals surface area contributed by atoms with Crippen LogP contribution in [0.4, 0.5) is 33.7 Å². The minimum atomic E-state index is -4.79. The fraction of sp³-hybridized carbons (Fsp3) is 0.222. The first kappa shape index (κ1) is 19.5. The van der Waals surface area contributed by atoms with Gasteiger partial charge in [0.15, 0.2) is 0 Å². The van der Waals surface area contributed by atoms with Crippen LogP contribution >= 0.6 is 0 Å². The van der Waals surface area contributed by atoms with Crippen molar-refractivity contribution in [2.75, 3.05) is 16.8 Å². The molecule has 1 aliphatic rings. The van der Waals surface area contributed by atoms with Gasteiger partial charge in [0.25, 0.3) is 0 Å². The first-order chi connectivity index (χ1) is 13.2. The van der Waals surface area contributed by atoms with Crippen molar-refractivity contribution >= 4 is 23.3 Å². The summed E-state index contributed by atoms with van der Waals surface area (Å²) >= 11 is 0. The molecule has 0 bridgehead atoms. The lowest BCUT2D eigenvalue weighted by Crippen LogP contribution is -2.39. The summed E-state index contributed by atoms with van der Waals surface area (Å²) in [6, 6.07) is 8.99. The number of rotatable bonds is 4. The van der Waals surface area contributed by atoms with Gasteiger partial charge >= 0.3 is 12.4 Å². The number of alkyl halides is 3. The maximum atomic E-state index is 13.0. The van der Waals surface area contributed by atoms with Gasteiger partial charge in [-0.1, -0.05) is 0 Å². The fourth-order valence-electron chi connectivity index (χ4n) is 2.77. The zero-order chi connectivity index (χ0) is 20.3. The number of carbonyl (C=O) groups excluding carboxylic acids is 2. The minimum Gasteiger partial charge on any atom is -0.406 e. The highest BCUT2D eigenvalue weighted by atomic mass is 19.4. The number of halogens is 4. The van der Waals surface area contributed by atoms with Gasteiger partial charge in [-0.25, -0.2) is 9.18 Å². The molecule has 148 valence electrons. The molecule has 0 radical (unpaired) electrons. The van der Waals surface area contributed by atoms with E-state index in [9.17, 15) is 27.2 Å². The van der Waals surface area contributed by atoms with Crippen molar-refractivity contribution < 1.29 is 31.9 Å². The number of hydrogen-bond acceptors (Lipinski definition) is 3. The Morgan fingerprint density at radius 3 is 2.32 bits per heavy atom. The van der Waals surface area contributed by atoms with Crippen LogP contribution < -0.4 is 20.3 Å². The first-order valence-electron chi connectivity index (χ1n) is 8.19. The van der Waals surface area contributed by atoms with E-state index in [1.807, 2.05) is 0 Å². The zero-order valence-corrected chi connectivity index (χ0v) is 14.3. The molecular weight excluding hydrogens is 382 g/mol. The van der Waals surface area contributed by atoms with Crippen molar-refractivity contribution in [2.45, 2.75) is 18.8 Å². The summed E-state index contributed by atoms with van der Waals surface area (Å²) in [5.41, 5.74) is 0.781. The summed E-state index contributed by atoms with van der Waals surface area (Å²) < 4.78 is 53.1. The van der Waals surface area contributed by atoms with Gasteiger partial charge in [-0.15, -0.1) is 13.2 Å². The Morgan fingerprint density at radius 1 is 1.07 bits per heavy atom. The van der Waals surface area contributed by atoms with Crippen LogP contribution in [0.5, 0.6) is 5.75 Å². The van der Waals surface area contributed by atoms with Crippen molar-refractivity contribution in [3.8, 4) is 5.75 Å². The van der Waals surface area contributed by atoms with Crippen molar-refractivity contribution in [1.82, 2.24) is 5.32 Å². The van der Waals surface area contributed by atoms with Gasteiger partial charge in [-0.05, 0) is 48.5 Å². The van der Waals surface area contributed by atoms with E-state index in [4.69, 9.17) is 0 Å². The number of ether oxygens (including phenoxy) is 1. The first-order valence-corrected chi connectivity index (χ1v) is 8.19. The van der Waals surface area contributed by atoms with Crippen LogP contribution in [-0.4, -0.2) is 30.9 Å². The molecule has 28 heavy (non-hydrogen) atoms. The topological polar surface area (TPSA) is 70.7 Å². The van der Waals surface area contributed by atoms with E-state index in [1.54, 1.807) is 0 Å². The Hall–Kier alpha value is -3.30. The SMILES string of the molecule is O=C(Nc1ccc(OC(F)(F)F)cc1)NC1CC(=O)N(c2ccc(F)cc2)C1. The third-order valence-electron chi connectivity index (χ3n) is 3.94. The number of amides is 3. The van der Waals surface area contributed by atoms with E-state index < -0.39 is 30.0 Å². The fourth-order valence-corrected chi connectivity index (χ4v) is 2.77. The van der Waals surface area contributed by atoms with Crippen LogP contribution in [0.1, 0.15) is 6.42 Å². The molecule has 3 amide bonds. The summed E-state index contributed by atoms with van der Waals surface area (Å²) in [5, 5.41) is 5.09. The lowest BCUT2D eigenvalue weighted by molar-refractivity contribution is -0.274. The van der Waals surface area contributed by atoms with E-state index in [1.165, 1.54) is 41.3 Å². The third-order valence-corrected chi connectivity index (χ3v) is 3.94. The van der Waals surface area contributed by atoms with Crippen LogP contribution in [0.3, 0.4) is 0 Å². The second kappa shape index (κ2) is 7.75. The predicted octanol–water partition coefficient (Wildman–Crippen LogP) is 3.65. The third kappa shape index (κ3) is 5.12. The maximum absolute atomic E-state index is 13.0. The molecule has 1 saturated heterocycles. The molecule has 0 saturated carbocycles. The zero-order valence-electron chi connectivity index (χ0n) is 14.3. The molecule has 1 heterocycles. The van der Waals surface area contributed by atoms with E-state index in [0.29, 0.717) is 5.69 Å². The normalized spacial score (nSPS) is 16.8.